The molecular weight excluding hydrogens is 313 g/mol. The number of amides is 1. The second-order valence-corrected chi connectivity index (χ2v) is 6.07. The van der Waals surface area contributed by atoms with Crippen molar-refractivity contribution in [3.63, 3.8) is 0 Å². The molecule has 0 saturated carbocycles. The second-order valence-electron chi connectivity index (χ2n) is 5.71. The summed E-state index contributed by atoms with van der Waals surface area (Å²) >= 11 is 5.35. The minimum Gasteiger partial charge on any atom is -0.329 e. The van der Waals surface area contributed by atoms with Gasteiger partial charge in [0, 0.05) is 5.92 Å². The van der Waals surface area contributed by atoms with Gasteiger partial charge in [0.15, 0.2) is 5.11 Å². The van der Waals surface area contributed by atoms with Crippen LogP contribution >= 0.6 is 12.2 Å². The van der Waals surface area contributed by atoms with E-state index in [2.05, 4.69) is 0 Å². The zero-order chi connectivity index (χ0) is 15.6. The van der Waals surface area contributed by atoms with Crippen molar-refractivity contribution < 1.29 is 18.0 Å². The zero-order valence-electron chi connectivity index (χ0n) is 11.2. The lowest BCUT2D eigenvalue weighted by molar-refractivity contribution is -0.137. The van der Waals surface area contributed by atoms with E-state index in [0.717, 1.165) is 18.6 Å². The number of alkyl halides is 3. The van der Waals surface area contributed by atoms with Crippen LogP contribution in [0.4, 0.5) is 18.9 Å². The van der Waals surface area contributed by atoms with Crippen LogP contribution in [0, 0.1) is 5.92 Å². The molecule has 0 radical (unpaired) electrons. The summed E-state index contributed by atoms with van der Waals surface area (Å²) in [5, 5.41) is 0.297. The van der Waals surface area contributed by atoms with Gasteiger partial charge in [-0.3, -0.25) is 9.69 Å². The molecule has 7 heteroatoms. The van der Waals surface area contributed by atoms with E-state index >= 15 is 0 Å². The lowest BCUT2D eigenvalue weighted by atomic mass is 10.0. The number of benzene rings is 1. The Morgan fingerprint density at radius 3 is 2.68 bits per heavy atom. The molecular formula is C15H11F3N2OS. The Kier molecular flexibility index (Phi) is 2.70. The summed E-state index contributed by atoms with van der Waals surface area (Å²) < 4.78 is 38.6. The van der Waals surface area contributed by atoms with E-state index in [1.54, 1.807) is 0 Å². The fraction of sp³-hybridized carbons (Fsp3) is 0.333. The fourth-order valence-corrected chi connectivity index (χ4v) is 3.97. The van der Waals surface area contributed by atoms with Gasteiger partial charge in [0.2, 0.25) is 0 Å². The van der Waals surface area contributed by atoms with E-state index in [1.807, 2.05) is 17.1 Å². The van der Waals surface area contributed by atoms with Gasteiger partial charge in [0.1, 0.15) is 6.04 Å². The van der Waals surface area contributed by atoms with Gasteiger partial charge >= 0.3 is 6.18 Å². The highest BCUT2D eigenvalue weighted by Crippen LogP contribution is 2.44. The number of thiocarbonyl (C=S) groups is 1. The molecule has 1 aromatic carbocycles. The average Bonchev–Trinajstić information content (AvgIpc) is 3.12. The minimum absolute atomic E-state index is 0.0854. The molecule has 2 fully saturated rings. The molecule has 114 valence electrons. The molecule has 2 heterocycles. The first-order chi connectivity index (χ1) is 10.4. The summed E-state index contributed by atoms with van der Waals surface area (Å²) in [5.41, 5.74) is -0.604. The quantitative estimate of drug-likeness (QED) is 0.586. The van der Waals surface area contributed by atoms with E-state index in [1.165, 1.54) is 17.0 Å². The molecule has 0 spiro atoms. The van der Waals surface area contributed by atoms with Crippen molar-refractivity contribution >= 4 is 28.9 Å². The van der Waals surface area contributed by atoms with Crippen molar-refractivity contribution in [2.24, 2.45) is 5.92 Å². The molecule has 3 atom stereocenters. The monoisotopic (exact) mass is 324 g/mol. The SMILES string of the molecule is O=C1C2C3C=CC(C3)N2C(=S)N1c1cccc(C(F)(F)F)c1. The van der Waals surface area contributed by atoms with Crippen LogP contribution in [0.2, 0.25) is 0 Å². The van der Waals surface area contributed by atoms with Gasteiger partial charge in [-0.05, 0) is 36.8 Å². The highest BCUT2D eigenvalue weighted by molar-refractivity contribution is 7.80. The largest absolute Gasteiger partial charge is 0.416 e. The number of halogens is 3. The van der Waals surface area contributed by atoms with Crippen LogP contribution in [0.25, 0.3) is 0 Å². The number of hydrogen-bond donors (Lipinski definition) is 0. The molecule has 3 nitrogen and oxygen atoms in total. The summed E-state index contributed by atoms with van der Waals surface area (Å²) in [6.07, 6.45) is 0.419. The van der Waals surface area contributed by atoms with Crippen molar-refractivity contribution in [2.45, 2.75) is 24.7 Å². The maximum absolute atomic E-state index is 12.9. The van der Waals surface area contributed by atoms with Gasteiger partial charge in [-0.15, -0.1) is 0 Å². The number of rotatable bonds is 1. The molecule has 2 aliphatic heterocycles. The van der Waals surface area contributed by atoms with Gasteiger partial charge in [0.05, 0.1) is 17.3 Å². The Labute approximate surface area is 130 Å². The summed E-state index contributed by atoms with van der Waals surface area (Å²) in [7, 11) is 0. The van der Waals surface area contributed by atoms with E-state index in [4.69, 9.17) is 12.2 Å². The first-order valence-electron chi connectivity index (χ1n) is 6.90. The van der Waals surface area contributed by atoms with Crippen LogP contribution in [0.3, 0.4) is 0 Å². The molecule has 4 rings (SSSR count). The number of hydrogen-bond acceptors (Lipinski definition) is 2. The number of fused-ring (bicyclic) bond motifs is 5. The summed E-state index contributed by atoms with van der Waals surface area (Å²) in [6, 6.07) is 4.46. The normalized spacial score (nSPS) is 29.7. The number of carbonyl (C=O) groups is 1. The zero-order valence-corrected chi connectivity index (χ0v) is 12.1. The van der Waals surface area contributed by atoms with E-state index in [0.29, 0.717) is 5.11 Å². The number of carbonyl (C=O) groups excluding carboxylic acids is 1. The Balaban J connectivity index is 1.73. The standard InChI is InChI=1S/C15H11F3N2OS/c16-15(17,18)9-2-1-3-10(7-9)20-13(21)12-8-4-5-11(6-8)19(12)14(20)22/h1-5,7-8,11-12H,6H2. The number of anilines is 1. The smallest absolute Gasteiger partial charge is 0.329 e. The van der Waals surface area contributed by atoms with Crippen LogP contribution in [0.1, 0.15) is 12.0 Å². The van der Waals surface area contributed by atoms with Crippen LogP contribution in [-0.4, -0.2) is 28.0 Å². The van der Waals surface area contributed by atoms with Gasteiger partial charge in [-0.2, -0.15) is 13.2 Å². The molecule has 1 amide bonds. The summed E-state index contributed by atoms with van der Waals surface area (Å²) in [5.74, 6) is -0.132. The highest BCUT2D eigenvalue weighted by Gasteiger charge is 2.55. The predicted octanol–water partition coefficient (Wildman–Crippen LogP) is 2.97. The molecule has 0 aromatic heterocycles. The van der Waals surface area contributed by atoms with Crippen LogP contribution in [0.15, 0.2) is 36.4 Å². The van der Waals surface area contributed by atoms with E-state index in [-0.39, 0.29) is 29.6 Å². The molecule has 2 bridgehead atoms. The average molecular weight is 324 g/mol. The van der Waals surface area contributed by atoms with Crippen LogP contribution in [-0.2, 0) is 11.0 Å². The molecule has 3 unspecified atom stereocenters. The molecule has 1 aromatic rings. The van der Waals surface area contributed by atoms with Crippen molar-refractivity contribution in [3.8, 4) is 0 Å². The van der Waals surface area contributed by atoms with Crippen molar-refractivity contribution in [1.82, 2.24) is 4.90 Å². The number of nitrogens with zero attached hydrogens (tertiary/aromatic N) is 2. The maximum atomic E-state index is 12.9. The Bertz CT molecular complexity index is 685. The van der Waals surface area contributed by atoms with Gasteiger partial charge in [-0.1, -0.05) is 18.2 Å². The van der Waals surface area contributed by atoms with E-state index in [9.17, 15) is 18.0 Å². The topological polar surface area (TPSA) is 23.6 Å². The second kappa shape index (κ2) is 4.32. The third kappa shape index (κ3) is 1.75. The van der Waals surface area contributed by atoms with Gasteiger partial charge in [-0.25, -0.2) is 0 Å². The summed E-state index contributed by atoms with van der Waals surface area (Å²) in [4.78, 5) is 15.7. The first-order valence-corrected chi connectivity index (χ1v) is 7.30. The fourth-order valence-electron chi connectivity index (χ4n) is 3.52. The van der Waals surface area contributed by atoms with Crippen molar-refractivity contribution in [1.29, 1.82) is 0 Å². The minimum atomic E-state index is -4.45. The Hall–Kier alpha value is -1.89. The van der Waals surface area contributed by atoms with Crippen LogP contribution in [0.5, 0.6) is 0 Å². The summed E-state index contributed by atoms with van der Waals surface area (Å²) in [6.45, 7) is 0. The molecule has 0 N–H and O–H groups in total. The first kappa shape index (κ1) is 13.8. The Morgan fingerprint density at radius 2 is 2.00 bits per heavy atom. The molecule has 1 aliphatic carbocycles. The van der Waals surface area contributed by atoms with Crippen LogP contribution < -0.4 is 4.90 Å². The third-order valence-electron chi connectivity index (χ3n) is 4.47. The third-order valence-corrected chi connectivity index (χ3v) is 4.87. The maximum Gasteiger partial charge on any atom is 0.416 e. The molecule has 3 aliphatic rings. The Morgan fingerprint density at radius 1 is 1.23 bits per heavy atom. The van der Waals surface area contributed by atoms with Gasteiger partial charge in [0.25, 0.3) is 5.91 Å². The lowest BCUT2D eigenvalue weighted by Gasteiger charge is -2.25. The molecule has 22 heavy (non-hydrogen) atoms. The highest BCUT2D eigenvalue weighted by atomic mass is 32.1. The molecule has 2 saturated heterocycles. The predicted molar refractivity (Wildman–Crippen MR) is 78.2 cm³/mol. The van der Waals surface area contributed by atoms with Crippen molar-refractivity contribution in [2.75, 3.05) is 4.90 Å². The van der Waals surface area contributed by atoms with Gasteiger partial charge < -0.3 is 4.90 Å². The van der Waals surface area contributed by atoms with Crippen molar-refractivity contribution in [3.05, 3.63) is 42.0 Å². The lowest BCUT2D eigenvalue weighted by Crippen LogP contribution is -2.38. The van der Waals surface area contributed by atoms with E-state index < -0.39 is 11.7 Å².